The average molecular weight is 732 g/mol. The van der Waals surface area contributed by atoms with Crippen LogP contribution in [0, 0.1) is 0 Å². The molecule has 51 heavy (non-hydrogen) atoms. The smallest absolute Gasteiger partial charge is 0.444 e. The molecule has 3 amide bonds. The molecule has 2 N–H and O–H groups in total. The Labute approximate surface area is 294 Å². The minimum Gasteiger partial charge on any atom is -0.444 e. The Morgan fingerprint density at radius 1 is 0.882 bits per heavy atom. The SMILES string of the molecule is CC(C)(C)OC(=O)N1CC[C@H]1C(=O)Nc1cc(-c2ccccc2)c(OC(F)(F)F)cc1C(=O)Nc1ccc(CN2CCN(S(C)(=O)=O)CC2)cc1. The van der Waals surface area contributed by atoms with Crippen molar-refractivity contribution in [2.75, 3.05) is 49.6 Å². The van der Waals surface area contributed by atoms with Crippen LogP contribution in [-0.4, -0.2) is 97.4 Å². The monoisotopic (exact) mass is 731 g/mol. The van der Waals surface area contributed by atoms with E-state index in [1.165, 1.54) is 21.5 Å². The van der Waals surface area contributed by atoms with Crippen LogP contribution < -0.4 is 15.4 Å². The fourth-order valence-electron chi connectivity index (χ4n) is 5.71. The van der Waals surface area contributed by atoms with Crippen LogP contribution in [0.25, 0.3) is 11.1 Å². The molecule has 5 rings (SSSR count). The number of alkyl halides is 3. The summed E-state index contributed by atoms with van der Waals surface area (Å²) in [6.45, 7) is 7.76. The molecule has 0 bridgehead atoms. The first-order valence-electron chi connectivity index (χ1n) is 16.2. The lowest BCUT2D eigenvalue weighted by atomic mass is 9.99. The number of rotatable bonds is 9. The normalized spacial score (nSPS) is 17.3. The molecule has 274 valence electrons. The number of benzene rings is 3. The number of halogens is 3. The lowest BCUT2D eigenvalue weighted by molar-refractivity contribution is -0.274. The van der Waals surface area contributed by atoms with Crippen molar-refractivity contribution in [1.29, 1.82) is 0 Å². The zero-order valence-corrected chi connectivity index (χ0v) is 29.4. The predicted octanol–water partition coefficient (Wildman–Crippen LogP) is 5.53. The number of anilines is 2. The number of carbonyl (C=O) groups excluding carboxylic acids is 3. The van der Waals surface area contributed by atoms with Gasteiger partial charge in [0.05, 0.1) is 17.5 Å². The maximum atomic E-state index is 13.7. The summed E-state index contributed by atoms with van der Waals surface area (Å²) in [7, 11) is -3.26. The Morgan fingerprint density at radius 3 is 2.08 bits per heavy atom. The molecule has 0 unspecified atom stereocenters. The molecule has 2 fully saturated rings. The van der Waals surface area contributed by atoms with Gasteiger partial charge in [-0.05, 0) is 62.6 Å². The third kappa shape index (κ3) is 9.98. The van der Waals surface area contributed by atoms with Crippen LogP contribution in [0.4, 0.5) is 29.3 Å². The Balaban J connectivity index is 1.39. The van der Waals surface area contributed by atoms with Gasteiger partial charge in [0.15, 0.2) is 0 Å². The van der Waals surface area contributed by atoms with Crippen LogP contribution in [0.15, 0.2) is 66.7 Å². The molecule has 0 aromatic heterocycles. The van der Waals surface area contributed by atoms with Gasteiger partial charge in [0.1, 0.15) is 17.4 Å². The van der Waals surface area contributed by atoms with Gasteiger partial charge in [0.25, 0.3) is 5.91 Å². The van der Waals surface area contributed by atoms with Gasteiger partial charge >= 0.3 is 12.5 Å². The van der Waals surface area contributed by atoms with Crippen LogP contribution in [0.2, 0.25) is 0 Å². The van der Waals surface area contributed by atoms with Crippen molar-refractivity contribution < 1.29 is 45.4 Å². The van der Waals surface area contributed by atoms with Crippen molar-refractivity contribution in [3.05, 3.63) is 77.9 Å². The number of ether oxygens (including phenoxy) is 2. The Hall–Kier alpha value is -4.67. The molecule has 2 aliphatic heterocycles. The first kappa shape index (κ1) is 37.6. The molecule has 2 aliphatic rings. The minimum absolute atomic E-state index is 0.0286. The van der Waals surface area contributed by atoms with Crippen LogP contribution in [0.3, 0.4) is 0 Å². The van der Waals surface area contributed by atoms with Gasteiger partial charge in [0.2, 0.25) is 15.9 Å². The molecule has 3 aromatic rings. The van der Waals surface area contributed by atoms with E-state index < -0.39 is 51.7 Å². The zero-order chi connectivity index (χ0) is 37.1. The van der Waals surface area contributed by atoms with Crippen molar-refractivity contribution in [2.45, 2.75) is 51.7 Å². The molecule has 3 aromatic carbocycles. The number of nitrogens with one attached hydrogen (secondary N) is 2. The Bertz CT molecular complexity index is 1860. The van der Waals surface area contributed by atoms with Crippen LogP contribution in [-0.2, 0) is 26.1 Å². The number of sulfonamides is 1. The molecule has 0 spiro atoms. The number of nitrogens with zero attached hydrogens (tertiary/aromatic N) is 3. The van der Waals surface area contributed by atoms with E-state index in [0.29, 0.717) is 50.4 Å². The summed E-state index contributed by atoms with van der Waals surface area (Å²) in [5, 5.41) is 5.35. The third-order valence-corrected chi connectivity index (χ3v) is 9.60. The quantitative estimate of drug-likeness (QED) is 0.293. The summed E-state index contributed by atoms with van der Waals surface area (Å²) in [5.74, 6) is -2.12. The zero-order valence-electron chi connectivity index (χ0n) is 28.6. The van der Waals surface area contributed by atoms with E-state index in [4.69, 9.17) is 4.74 Å². The Morgan fingerprint density at radius 2 is 1.53 bits per heavy atom. The highest BCUT2D eigenvalue weighted by atomic mass is 32.2. The van der Waals surface area contributed by atoms with Gasteiger partial charge in [-0.2, -0.15) is 4.31 Å². The summed E-state index contributed by atoms with van der Waals surface area (Å²) in [5.41, 5.74) is 0.349. The lowest BCUT2D eigenvalue weighted by Gasteiger charge is -2.40. The molecular weight excluding hydrogens is 691 g/mol. The highest BCUT2D eigenvalue weighted by Crippen LogP contribution is 2.39. The minimum atomic E-state index is -5.09. The van der Waals surface area contributed by atoms with Crippen LogP contribution in [0.5, 0.6) is 5.75 Å². The fraction of sp³-hybridized carbons (Fsp3) is 0.400. The first-order chi connectivity index (χ1) is 23.9. The van der Waals surface area contributed by atoms with E-state index in [9.17, 15) is 36.0 Å². The van der Waals surface area contributed by atoms with E-state index in [2.05, 4.69) is 20.3 Å². The summed E-state index contributed by atoms with van der Waals surface area (Å²) < 4.78 is 75.7. The third-order valence-electron chi connectivity index (χ3n) is 8.30. The van der Waals surface area contributed by atoms with E-state index in [-0.39, 0.29) is 23.4 Å². The van der Waals surface area contributed by atoms with Gasteiger partial charge in [-0.15, -0.1) is 13.2 Å². The van der Waals surface area contributed by atoms with Crippen molar-refractivity contribution in [3.63, 3.8) is 0 Å². The molecule has 16 heteroatoms. The highest BCUT2D eigenvalue weighted by molar-refractivity contribution is 7.88. The highest BCUT2D eigenvalue weighted by Gasteiger charge is 2.40. The van der Waals surface area contributed by atoms with Crippen LogP contribution >= 0.6 is 0 Å². The molecule has 0 aliphatic carbocycles. The second kappa shape index (κ2) is 14.9. The Kier molecular flexibility index (Phi) is 11.0. The van der Waals surface area contributed by atoms with Crippen molar-refractivity contribution in [2.24, 2.45) is 0 Å². The molecule has 12 nitrogen and oxygen atoms in total. The predicted molar refractivity (Wildman–Crippen MR) is 185 cm³/mol. The maximum absolute atomic E-state index is 13.7. The number of amides is 3. The number of hydrogen-bond donors (Lipinski definition) is 2. The van der Waals surface area contributed by atoms with E-state index in [1.54, 1.807) is 75.4 Å². The number of carbonyl (C=O) groups is 3. The molecule has 2 saturated heterocycles. The van der Waals surface area contributed by atoms with Gasteiger partial charge < -0.3 is 20.1 Å². The second-order valence-electron chi connectivity index (χ2n) is 13.4. The summed E-state index contributed by atoms with van der Waals surface area (Å²) in [6.07, 6.45) is -4.28. The van der Waals surface area contributed by atoms with E-state index in [1.807, 2.05) is 0 Å². The van der Waals surface area contributed by atoms with Gasteiger partial charge in [-0.25, -0.2) is 13.2 Å². The standard InChI is InChI=1S/C35H40F3N5O7S/c1-34(2,3)50-33(46)43-15-14-29(43)32(45)40-28-20-26(24-8-6-5-7-9-24)30(49-35(36,37)38)21-27(28)31(44)39-25-12-10-23(11-13-25)22-41-16-18-42(19-17-41)51(4,47)48/h5-13,20-21,29H,14-19,22H2,1-4H3,(H,39,44)(H,40,45)/t29-/m0/s1. The molecule has 0 saturated carbocycles. The van der Waals surface area contributed by atoms with Crippen molar-refractivity contribution in [3.8, 4) is 16.9 Å². The second-order valence-corrected chi connectivity index (χ2v) is 15.3. The van der Waals surface area contributed by atoms with Gasteiger partial charge in [-0.3, -0.25) is 19.4 Å². The van der Waals surface area contributed by atoms with Crippen LogP contribution in [0.1, 0.15) is 43.1 Å². The number of piperazine rings is 1. The molecule has 1 atom stereocenters. The molecular formula is C35H40F3N5O7S. The molecule has 2 heterocycles. The van der Waals surface area contributed by atoms with E-state index in [0.717, 1.165) is 11.6 Å². The van der Waals surface area contributed by atoms with Crippen molar-refractivity contribution in [1.82, 2.24) is 14.1 Å². The summed E-state index contributed by atoms with van der Waals surface area (Å²) >= 11 is 0. The summed E-state index contributed by atoms with van der Waals surface area (Å²) in [4.78, 5) is 43.3. The lowest BCUT2D eigenvalue weighted by Crippen LogP contribution is -2.57. The first-order valence-corrected chi connectivity index (χ1v) is 18.1. The topological polar surface area (TPSA) is 138 Å². The maximum Gasteiger partial charge on any atom is 0.573 e. The van der Waals surface area contributed by atoms with Crippen molar-refractivity contribution >= 4 is 39.3 Å². The summed E-state index contributed by atoms with van der Waals surface area (Å²) in [6, 6.07) is 16.1. The van der Waals surface area contributed by atoms with E-state index >= 15 is 0 Å². The fourth-order valence-corrected chi connectivity index (χ4v) is 6.53. The average Bonchev–Trinajstić information content (AvgIpc) is 3.00. The number of likely N-dealkylation sites (tertiary alicyclic amines) is 1. The molecule has 0 radical (unpaired) electrons. The number of hydrogen-bond acceptors (Lipinski definition) is 8. The van der Waals surface area contributed by atoms with Gasteiger partial charge in [-0.1, -0.05) is 42.5 Å². The van der Waals surface area contributed by atoms with Gasteiger partial charge in [0, 0.05) is 50.5 Å². The largest absolute Gasteiger partial charge is 0.573 e.